The van der Waals surface area contributed by atoms with E-state index in [1.54, 1.807) is 11.3 Å². The third kappa shape index (κ3) is 2.81. The van der Waals surface area contributed by atoms with E-state index < -0.39 is 0 Å². The molecule has 0 bridgehead atoms. The molecular formula is C17H17ClN2S. The van der Waals surface area contributed by atoms with Crippen LogP contribution in [0.2, 0.25) is 5.15 Å². The van der Waals surface area contributed by atoms with Gasteiger partial charge in [-0.1, -0.05) is 56.6 Å². The Bertz CT molecular complexity index is 775. The molecule has 0 amide bonds. The topological polar surface area (TPSA) is 25.8 Å². The number of benzene rings is 1. The zero-order valence-corrected chi connectivity index (χ0v) is 13.9. The summed E-state index contributed by atoms with van der Waals surface area (Å²) < 4.78 is 0. The fraction of sp³-hybridized carbons (Fsp3) is 0.294. The molecule has 0 unspecified atom stereocenters. The van der Waals surface area contributed by atoms with Crippen molar-refractivity contribution in [3.63, 3.8) is 0 Å². The summed E-state index contributed by atoms with van der Waals surface area (Å²) in [5, 5.41) is 1.50. The maximum atomic E-state index is 6.32. The zero-order chi connectivity index (χ0) is 15.0. The number of rotatable bonds is 3. The summed E-state index contributed by atoms with van der Waals surface area (Å²) in [4.78, 5) is 11.4. The number of hydrogen-bond donors (Lipinski definition) is 0. The molecule has 0 N–H and O–H groups in total. The Morgan fingerprint density at radius 1 is 1.14 bits per heavy atom. The quantitative estimate of drug-likeness (QED) is 0.579. The molecule has 4 heteroatoms. The largest absolute Gasteiger partial charge is 0.217 e. The van der Waals surface area contributed by atoms with E-state index >= 15 is 0 Å². The summed E-state index contributed by atoms with van der Waals surface area (Å²) in [5.41, 5.74) is 2.32. The molecule has 0 aliphatic heterocycles. The van der Waals surface area contributed by atoms with Crippen LogP contribution in [0.4, 0.5) is 0 Å². The molecule has 0 saturated heterocycles. The lowest BCUT2D eigenvalue weighted by Gasteiger charge is -2.06. The van der Waals surface area contributed by atoms with Gasteiger partial charge in [0.15, 0.2) is 5.82 Å². The molecule has 0 aliphatic carbocycles. The summed E-state index contributed by atoms with van der Waals surface area (Å²) in [6.07, 6.45) is 0.996. The van der Waals surface area contributed by atoms with Crippen LogP contribution in [0.15, 0.2) is 30.3 Å². The average Bonchev–Trinajstić information content (AvgIpc) is 2.91. The normalized spacial score (nSPS) is 11.5. The van der Waals surface area contributed by atoms with Crippen molar-refractivity contribution in [1.82, 2.24) is 9.97 Å². The molecule has 2 aromatic heterocycles. The zero-order valence-electron chi connectivity index (χ0n) is 12.4. The molecule has 0 atom stereocenters. The first-order valence-electron chi connectivity index (χ1n) is 7.14. The van der Waals surface area contributed by atoms with Crippen molar-refractivity contribution in [2.45, 2.75) is 33.1 Å². The van der Waals surface area contributed by atoms with Gasteiger partial charge in [0.25, 0.3) is 0 Å². The fourth-order valence-electron chi connectivity index (χ4n) is 2.26. The maximum Gasteiger partial charge on any atom is 0.162 e. The van der Waals surface area contributed by atoms with E-state index in [1.165, 1.54) is 10.4 Å². The van der Waals surface area contributed by atoms with Crippen molar-refractivity contribution in [3.05, 3.63) is 45.9 Å². The summed E-state index contributed by atoms with van der Waals surface area (Å²) in [5.74, 6) is 1.22. The number of fused-ring (bicyclic) bond motifs is 1. The summed E-state index contributed by atoms with van der Waals surface area (Å²) >= 11 is 8.01. The second-order valence-corrected chi connectivity index (χ2v) is 6.87. The van der Waals surface area contributed by atoms with E-state index in [-0.39, 0.29) is 0 Å². The molecule has 21 heavy (non-hydrogen) atoms. The van der Waals surface area contributed by atoms with Crippen LogP contribution in [0.5, 0.6) is 0 Å². The predicted molar refractivity (Wildman–Crippen MR) is 91.3 cm³/mol. The number of thiophene rings is 1. The van der Waals surface area contributed by atoms with Crippen molar-refractivity contribution in [3.8, 4) is 11.4 Å². The third-order valence-corrected chi connectivity index (χ3v) is 5.04. The second kappa shape index (κ2) is 5.74. The van der Waals surface area contributed by atoms with Crippen LogP contribution < -0.4 is 0 Å². The van der Waals surface area contributed by atoms with Crippen LogP contribution in [0.3, 0.4) is 0 Å². The minimum Gasteiger partial charge on any atom is -0.217 e. The Balaban J connectivity index is 2.07. The number of nitrogens with zero attached hydrogens (tertiary/aromatic N) is 2. The lowest BCUT2D eigenvalue weighted by molar-refractivity contribution is 0.867. The first-order valence-corrected chi connectivity index (χ1v) is 8.34. The third-order valence-electron chi connectivity index (χ3n) is 3.58. The van der Waals surface area contributed by atoms with Gasteiger partial charge in [-0.15, -0.1) is 11.3 Å². The SMILES string of the molecule is CCc1cc2c(Cl)nc(-c3ccc(C(C)C)cc3)nc2s1. The predicted octanol–water partition coefficient (Wildman–Crippen LogP) is 5.70. The molecule has 0 radical (unpaired) electrons. The fourth-order valence-corrected chi connectivity index (χ4v) is 3.50. The van der Waals surface area contributed by atoms with Gasteiger partial charge in [-0.05, 0) is 24.0 Å². The highest BCUT2D eigenvalue weighted by atomic mass is 35.5. The van der Waals surface area contributed by atoms with Gasteiger partial charge in [-0.3, -0.25) is 0 Å². The Kier molecular flexibility index (Phi) is 3.96. The van der Waals surface area contributed by atoms with Gasteiger partial charge >= 0.3 is 0 Å². The number of aryl methyl sites for hydroxylation is 1. The van der Waals surface area contributed by atoms with Crippen LogP contribution in [-0.2, 0) is 6.42 Å². The van der Waals surface area contributed by atoms with Crippen molar-refractivity contribution in [1.29, 1.82) is 0 Å². The van der Waals surface area contributed by atoms with Gasteiger partial charge in [-0.25, -0.2) is 9.97 Å². The number of halogens is 1. The summed E-state index contributed by atoms with van der Waals surface area (Å²) in [6, 6.07) is 10.5. The Labute approximate surface area is 133 Å². The van der Waals surface area contributed by atoms with E-state index in [1.807, 2.05) is 0 Å². The molecule has 0 spiro atoms. The van der Waals surface area contributed by atoms with Gasteiger partial charge in [0.1, 0.15) is 9.98 Å². The molecule has 0 fully saturated rings. The lowest BCUT2D eigenvalue weighted by atomic mass is 10.0. The molecule has 108 valence electrons. The van der Waals surface area contributed by atoms with Crippen LogP contribution in [0.25, 0.3) is 21.6 Å². The van der Waals surface area contributed by atoms with Crippen LogP contribution in [0.1, 0.15) is 37.1 Å². The first-order chi connectivity index (χ1) is 10.1. The van der Waals surface area contributed by atoms with Crippen LogP contribution in [-0.4, -0.2) is 9.97 Å². The highest BCUT2D eigenvalue weighted by Gasteiger charge is 2.11. The minimum absolute atomic E-state index is 0.524. The van der Waals surface area contributed by atoms with Crippen LogP contribution >= 0.6 is 22.9 Å². The van der Waals surface area contributed by atoms with Crippen molar-refractivity contribution >= 4 is 33.2 Å². The van der Waals surface area contributed by atoms with Crippen molar-refractivity contribution < 1.29 is 0 Å². The summed E-state index contributed by atoms with van der Waals surface area (Å²) in [6.45, 7) is 6.51. The van der Waals surface area contributed by atoms with Gasteiger partial charge in [0.05, 0.1) is 0 Å². The molecular weight excluding hydrogens is 300 g/mol. The van der Waals surface area contributed by atoms with Crippen LogP contribution in [0, 0.1) is 0 Å². The van der Waals surface area contributed by atoms with Gasteiger partial charge in [-0.2, -0.15) is 0 Å². The van der Waals surface area contributed by atoms with E-state index in [2.05, 4.69) is 61.1 Å². The monoisotopic (exact) mass is 316 g/mol. The molecule has 2 heterocycles. The molecule has 3 rings (SSSR count). The van der Waals surface area contributed by atoms with Gasteiger partial charge in [0.2, 0.25) is 0 Å². The van der Waals surface area contributed by atoms with Crippen molar-refractivity contribution in [2.75, 3.05) is 0 Å². The summed E-state index contributed by atoms with van der Waals surface area (Å²) in [7, 11) is 0. The van der Waals surface area contributed by atoms with Crippen molar-refractivity contribution in [2.24, 2.45) is 0 Å². The lowest BCUT2D eigenvalue weighted by Crippen LogP contribution is -1.91. The van der Waals surface area contributed by atoms with E-state index in [0.29, 0.717) is 16.9 Å². The number of hydrogen-bond acceptors (Lipinski definition) is 3. The molecule has 0 aliphatic rings. The molecule has 3 aromatic rings. The first kappa shape index (κ1) is 14.5. The Morgan fingerprint density at radius 3 is 2.48 bits per heavy atom. The van der Waals surface area contributed by atoms with Gasteiger partial charge in [0, 0.05) is 15.8 Å². The average molecular weight is 317 g/mol. The Morgan fingerprint density at radius 2 is 1.86 bits per heavy atom. The minimum atomic E-state index is 0.524. The van der Waals surface area contributed by atoms with E-state index in [0.717, 1.165) is 22.2 Å². The molecule has 2 nitrogen and oxygen atoms in total. The second-order valence-electron chi connectivity index (χ2n) is 5.40. The highest BCUT2D eigenvalue weighted by Crippen LogP contribution is 2.31. The van der Waals surface area contributed by atoms with E-state index in [9.17, 15) is 0 Å². The molecule has 0 saturated carbocycles. The van der Waals surface area contributed by atoms with Gasteiger partial charge < -0.3 is 0 Å². The smallest absolute Gasteiger partial charge is 0.162 e. The Hall–Kier alpha value is -1.45. The molecule has 1 aromatic carbocycles. The van der Waals surface area contributed by atoms with E-state index in [4.69, 9.17) is 11.6 Å². The maximum absolute atomic E-state index is 6.32. The number of aromatic nitrogens is 2. The standard InChI is InChI=1S/C17H17ClN2S/c1-4-13-9-14-15(18)19-16(20-17(14)21-13)12-7-5-11(6-8-12)10(2)3/h5-10H,4H2,1-3H3. The highest BCUT2D eigenvalue weighted by molar-refractivity contribution is 7.18.